The summed E-state index contributed by atoms with van der Waals surface area (Å²) in [5.74, 6) is 1.04. The molecule has 0 fully saturated rings. The number of ether oxygens (including phenoxy) is 1. The molecule has 26 heavy (non-hydrogen) atoms. The molecule has 0 unspecified atom stereocenters. The van der Waals surface area contributed by atoms with Gasteiger partial charge in [-0.05, 0) is 54.8 Å². The molecular formula is C21H25N3O2. The second-order valence-corrected chi connectivity index (χ2v) is 7.29. The van der Waals surface area contributed by atoms with E-state index in [-0.39, 0.29) is 5.69 Å². The first-order valence-electron chi connectivity index (χ1n) is 9.10. The highest BCUT2D eigenvalue weighted by atomic mass is 16.5. The van der Waals surface area contributed by atoms with Crippen LogP contribution in [0.4, 0.5) is 0 Å². The molecule has 4 rings (SSSR count). The smallest absolute Gasteiger partial charge is 0.328 e. The van der Waals surface area contributed by atoms with Crippen molar-refractivity contribution in [1.29, 1.82) is 0 Å². The lowest BCUT2D eigenvalue weighted by Gasteiger charge is -2.21. The van der Waals surface area contributed by atoms with Gasteiger partial charge in [0, 0.05) is 27.2 Å². The minimum Gasteiger partial charge on any atom is -0.493 e. The van der Waals surface area contributed by atoms with Crippen LogP contribution in [0.15, 0.2) is 41.2 Å². The molecule has 0 saturated heterocycles. The van der Waals surface area contributed by atoms with Crippen molar-refractivity contribution >= 4 is 11.0 Å². The fraction of sp³-hybridized carbons (Fsp3) is 0.381. The Hall–Kier alpha value is -2.53. The first kappa shape index (κ1) is 16.9. The van der Waals surface area contributed by atoms with E-state index in [4.69, 9.17) is 4.74 Å². The number of aryl methyl sites for hydroxylation is 3. The van der Waals surface area contributed by atoms with Crippen LogP contribution in [0.2, 0.25) is 0 Å². The Bertz CT molecular complexity index is 1020. The Morgan fingerprint density at radius 1 is 1.00 bits per heavy atom. The number of nitrogens with zero attached hydrogens (tertiary/aromatic N) is 3. The number of rotatable bonds is 4. The third-order valence-corrected chi connectivity index (χ3v) is 5.21. The zero-order valence-electron chi connectivity index (χ0n) is 15.7. The minimum absolute atomic E-state index is 0.0155. The van der Waals surface area contributed by atoms with Crippen molar-refractivity contribution in [2.75, 3.05) is 13.7 Å². The molecule has 0 bridgehead atoms. The molecule has 5 nitrogen and oxygen atoms in total. The van der Waals surface area contributed by atoms with Crippen molar-refractivity contribution in [3.63, 3.8) is 0 Å². The highest BCUT2D eigenvalue weighted by Crippen LogP contribution is 2.26. The topological polar surface area (TPSA) is 39.4 Å². The van der Waals surface area contributed by atoms with Crippen LogP contribution in [-0.2, 0) is 33.6 Å². The van der Waals surface area contributed by atoms with E-state index in [1.165, 1.54) is 16.7 Å². The van der Waals surface area contributed by atoms with Gasteiger partial charge in [0.05, 0.1) is 17.6 Å². The minimum atomic E-state index is 0.0155. The summed E-state index contributed by atoms with van der Waals surface area (Å²) in [5, 5.41) is 0. The van der Waals surface area contributed by atoms with Gasteiger partial charge in [0.15, 0.2) is 0 Å². The highest BCUT2D eigenvalue weighted by Gasteiger charge is 2.12. The molecule has 0 N–H and O–H groups in total. The molecule has 0 spiro atoms. The van der Waals surface area contributed by atoms with Crippen LogP contribution in [0.5, 0.6) is 5.75 Å². The second kappa shape index (κ2) is 6.65. The summed E-state index contributed by atoms with van der Waals surface area (Å²) in [4.78, 5) is 14.4. The van der Waals surface area contributed by atoms with E-state index in [0.717, 1.165) is 49.3 Å². The van der Waals surface area contributed by atoms with E-state index in [2.05, 4.69) is 42.3 Å². The average Bonchev–Trinajstić information content (AvgIpc) is 2.85. The van der Waals surface area contributed by atoms with Gasteiger partial charge in [-0.2, -0.15) is 0 Å². The summed E-state index contributed by atoms with van der Waals surface area (Å²) < 4.78 is 9.10. The van der Waals surface area contributed by atoms with Crippen molar-refractivity contribution < 1.29 is 4.74 Å². The van der Waals surface area contributed by atoms with Crippen LogP contribution in [0.1, 0.15) is 23.1 Å². The molecule has 0 atom stereocenters. The summed E-state index contributed by atoms with van der Waals surface area (Å²) >= 11 is 0. The molecule has 5 heteroatoms. The van der Waals surface area contributed by atoms with Crippen LogP contribution < -0.4 is 10.4 Å². The number of hydrogen-bond acceptors (Lipinski definition) is 3. The summed E-state index contributed by atoms with van der Waals surface area (Å²) in [5.41, 5.74) is 5.81. The van der Waals surface area contributed by atoms with Crippen LogP contribution >= 0.6 is 0 Å². The standard InChI is InChI=1S/C21H25N3O2/c1-22(13-15-7-9-20-17(11-15)5-4-10-26-20)14-16-6-8-18-19(12-16)24(3)21(25)23(18)2/h6-9,11-12H,4-5,10,13-14H2,1-3H3. The Balaban J connectivity index is 1.51. The van der Waals surface area contributed by atoms with Gasteiger partial charge in [-0.1, -0.05) is 18.2 Å². The summed E-state index contributed by atoms with van der Waals surface area (Å²) in [6.45, 7) is 2.56. The van der Waals surface area contributed by atoms with Crippen LogP contribution in [0, 0.1) is 0 Å². The van der Waals surface area contributed by atoms with Gasteiger partial charge in [-0.15, -0.1) is 0 Å². The van der Waals surface area contributed by atoms with Crippen LogP contribution in [-0.4, -0.2) is 27.7 Å². The van der Waals surface area contributed by atoms with Gasteiger partial charge in [0.25, 0.3) is 0 Å². The summed E-state index contributed by atoms with van der Waals surface area (Å²) in [7, 11) is 5.77. The molecule has 0 saturated carbocycles. The molecule has 1 aliphatic heterocycles. The molecule has 3 aromatic rings. The second-order valence-electron chi connectivity index (χ2n) is 7.29. The number of benzene rings is 2. The number of aromatic nitrogens is 2. The molecule has 0 aliphatic carbocycles. The monoisotopic (exact) mass is 351 g/mol. The number of imidazole rings is 1. The van der Waals surface area contributed by atoms with Crippen molar-refractivity contribution in [1.82, 2.24) is 14.0 Å². The predicted molar refractivity (Wildman–Crippen MR) is 104 cm³/mol. The highest BCUT2D eigenvalue weighted by molar-refractivity contribution is 5.76. The van der Waals surface area contributed by atoms with Gasteiger partial charge in [0.2, 0.25) is 0 Å². The van der Waals surface area contributed by atoms with Gasteiger partial charge in [0.1, 0.15) is 5.75 Å². The van der Waals surface area contributed by atoms with E-state index in [1.54, 1.807) is 9.13 Å². The normalized spacial score (nSPS) is 13.8. The molecule has 0 amide bonds. The molecule has 1 aromatic heterocycles. The third-order valence-electron chi connectivity index (χ3n) is 5.21. The summed E-state index contributed by atoms with van der Waals surface area (Å²) in [6, 6.07) is 12.8. The van der Waals surface area contributed by atoms with Crippen molar-refractivity contribution in [3.05, 3.63) is 63.6 Å². The lowest BCUT2D eigenvalue weighted by Crippen LogP contribution is -2.19. The van der Waals surface area contributed by atoms with Gasteiger partial charge in [-0.25, -0.2) is 4.79 Å². The quantitative estimate of drug-likeness (QED) is 0.726. The Labute approximate surface area is 153 Å². The molecule has 2 aromatic carbocycles. The number of hydrogen-bond donors (Lipinski definition) is 0. The molecular weight excluding hydrogens is 326 g/mol. The Morgan fingerprint density at radius 3 is 2.50 bits per heavy atom. The maximum atomic E-state index is 12.1. The van der Waals surface area contributed by atoms with E-state index in [0.29, 0.717) is 0 Å². The fourth-order valence-electron chi connectivity index (χ4n) is 3.84. The molecule has 1 aliphatic rings. The van der Waals surface area contributed by atoms with Crippen molar-refractivity contribution in [3.8, 4) is 5.75 Å². The lowest BCUT2D eigenvalue weighted by atomic mass is 10.0. The van der Waals surface area contributed by atoms with E-state index < -0.39 is 0 Å². The van der Waals surface area contributed by atoms with Gasteiger partial charge in [-0.3, -0.25) is 14.0 Å². The largest absolute Gasteiger partial charge is 0.493 e. The van der Waals surface area contributed by atoms with Crippen LogP contribution in [0.3, 0.4) is 0 Å². The lowest BCUT2D eigenvalue weighted by molar-refractivity contribution is 0.287. The average molecular weight is 351 g/mol. The maximum Gasteiger partial charge on any atom is 0.328 e. The summed E-state index contributed by atoms with van der Waals surface area (Å²) in [6.07, 6.45) is 2.20. The zero-order chi connectivity index (χ0) is 18.3. The van der Waals surface area contributed by atoms with Crippen molar-refractivity contribution in [2.24, 2.45) is 14.1 Å². The van der Waals surface area contributed by atoms with Crippen LogP contribution in [0.25, 0.3) is 11.0 Å². The Morgan fingerprint density at radius 2 is 1.69 bits per heavy atom. The Kier molecular flexibility index (Phi) is 4.32. The molecule has 136 valence electrons. The number of fused-ring (bicyclic) bond motifs is 2. The maximum absolute atomic E-state index is 12.1. The SMILES string of the molecule is CN(Cc1ccc2c(c1)CCCO2)Cc1ccc2c(c1)n(C)c(=O)n2C. The third kappa shape index (κ3) is 3.03. The van der Waals surface area contributed by atoms with Crippen molar-refractivity contribution in [2.45, 2.75) is 25.9 Å². The predicted octanol–water partition coefficient (Wildman–Crippen LogP) is 2.83. The zero-order valence-corrected chi connectivity index (χ0v) is 15.7. The van der Waals surface area contributed by atoms with Gasteiger partial charge < -0.3 is 4.74 Å². The molecule has 2 heterocycles. The fourth-order valence-corrected chi connectivity index (χ4v) is 3.84. The first-order valence-corrected chi connectivity index (χ1v) is 9.10. The van der Waals surface area contributed by atoms with E-state index in [9.17, 15) is 4.79 Å². The van der Waals surface area contributed by atoms with Gasteiger partial charge >= 0.3 is 5.69 Å². The van der Waals surface area contributed by atoms with E-state index in [1.807, 2.05) is 20.2 Å². The molecule has 0 radical (unpaired) electrons. The first-order chi connectivity index (χ1) is 12.5. The van der Waals surface area contributed by atoms with E-state index >= 15 is 0 Å².